The molecule has 1 fully saturated rings. The Morgan fingerprint density at radius 2 is 2.11 bits per heavy atom. The molecule has 7 heteroatoms. The normalized spacial score (nSPS) is 16.3. The minimum atomic E-state index is -0.593. The molecule has 4 rings (SSSR count). The van der Waals surface area contributed by atoms with Crippen LogP contribution in [0.4, 0.5) is 0 Å². The van der Waals surface area contributed by atoms with Crippen LogP contribution < -0.4 is 5.73 Å². The second-order valence-electron chi connectivity index (χ2n) is 6.87. The molecular weight excluding hydrogens is 354 g/mol. The monoisotopic (exact) mass is 373 g/mol. The van der Waals surface area contributed by atoms with Gasteiger partial charge in [0.05, 0.1) is 17.4 Å². The molecule has 0 radical (unpaired) electrons. The van der Waals surface area contributed by atoms with Crippen LogP contribution in [0.15, 0.2) is 36.5 Å². The summed E-state index contributed by atoms with van der Waals surface area (Å²) in [4.78, 5) is 29.9. The van der Waals surface area contributed by atoms with Crippen molar-refractivity contribution in [1.82, 2.24) is 19.7 Å². The number of hydrogen-bond donors (Lipinski definition) is 1. The maximum Gasteiger partial charge on any atom is 0.267 e. The van der Waals surface area contributed by atoms with Gasteiger partial charge in [0.15, 0.2) is 0 Å². The molecule has 1 aliphatic rings. The van der Waals surface area contributed by atoms with E-state index >= 15 is 0 Å². The number of primary amides is 1. The molecule has 28 heavy (non-hydrogen) atoms. The zero-order chi connectivity index (χ0) is 19.8. The van der Waals surface area contributed by atoms with Gasteiger partial charge in [-0.25, -0.2) is 4.98 Å². The largest absolute Gasteiger partial charge is 0.364 e. The standard InChI is InChI=1S/C21H19N5O2/c1-25-9-8-14(21(25)28)7-6-13-4-3-5-15(10-13)19-16-12-23-26(2)18(16)11-17(24-19)20(22)27/h3-5,10-12,14H,8-9H2,1-2H3,(H2,22,27)/t14-/m1/s1. The van der Waals surface area contributed by atoms with E-state index in [1.807, 2.05) is 24.3 Å². The van der Waals surface area contributed by atoms with E-state index in [1.54, 1.807) is 35.9 Å². The van der Waals surface area contributed by atoms with Gasteiger partial charge in [-0.1, -0.05) is 24.0 Å². The van der Waals surface area contributed by atoms with E-state index in [-0.39, 0.29) is 17.5 Å². The highest BCUT2D eigenvalue weighted by Gasteiger charge is 2.27. The maximum absolute atomic E-state index is 12.0. The predicted molar refractivity (Wildman–Crippen MR) is 105 cm³/mol. The first-order valence-electron chi connectivity index (χ1n) is 8.93. The van der Waals surface area contributed by atoms with E-state index < -0.39 is 5.91 Å². The molecule has 0 unspecified atom stereocenters. The van der Waals surface area contributed by atoms with Crippen LogP contribution in [0.5, 0.6) is 0 Å². The zero-order valence-electron chi connectivity index (χ0n) is 15.6. The van der Waals surface area contributed by atoms with Gasteiger partial charge in [0, 0.05) is 37.2 Å². The van der Waals surface area contributed by atoms with E-state index in [1.165, 1.54) is 0 Å². The van der Waals surface area contributed by atoms with Crippen LogP contribution in [-0.2, 0) is 11.8 Å². The van der Waals surface area contributed by atoms with E-state index in [4.69, 9.17) is 5.73 Å². The maximum atomic E-state index is 12.0. The zero-order valence-corrected chi connectivity index (χ0v) is 15.6. The number of nitrogens with two attached hydrogens (primary N) is 1. The lowest BCUT2D eigenvalue weighted by molar-refractivity contribution is -0.128. The Kier molecular flexibility index (Phi) is 4.32. The predicted octanol–water partition coefficient (Wildman–Crippen LogP) is 1.56. The first-order valence-corrected chi connectivity index (χ1v) is 8.93. The van der Waals surface area contributed by atoms with Crippen molar-refractivity contribution in [3.63, 3.8) is 0 Å². The number of benzene rings is 1. The summed E-state index contributed by atoms with van der Waals surface area (Å²) in [6, 6.07) is 9.20. The third-order valence-electron chi connectivity index (χ3n) is 4.95. The SMILES string of the molecule is CN1CC[C@@H](C#Cc2cccc(-c3nc(C(N)=O)cc4c3cnn4C)c2)C1=O. The fourth-order valence-corrected chi connectivity index (χ4v) is 3.36. The summed E-state index contributed by atoms with van der Waals surface area (Å²) in [5.74, 6) is 5.39. The Bertz CT molecular complexity index is 1170. The van der Waals surface area contributed by atoms with E-state index in [0.29, 0.717) is 5.69 Å². The molecule has 0 spiro atoms. The molecule has 7 nitrogen and oxygen atoms in total. The van der Waals surface area contributed by atoms with Crippen molar-refractivity contribution in [2.45, 2.75) is 6.42 Å². The molecule has 2 N–H and O–H groups in total. The summed E-state index contributed by atoms with van der Waals surface area (Å²) >= 11 is 0. The summed E-state index contributed by atoms with van der Waals surface area (Å²) in [5.41, 5.74) is 8.62. The Morgan fingerprint density at radius 1 is 1.29 bits per heavy atom. The molecule has 3 aromatic rings. The Balaban J connectivity index is 1.76. The summed E-state index contributed by atoms with van der Waals surface area (Å²) in [7, 11) is 3.59. The van der Waals surface area contributed by atoms with Crippen molar-refractivity contribution < 1.29 is 9.59 Å². The second kappa shape index (κ2) is 6.82. The second-order valence-corrected chi connectivity index (χ2v) is 6.87. The lowest BCUT2D eigenvalue weighted by Gasteiger charge is -2.07. The molecule has 2 amide bonds. The molecule has 0 saturated carbocycles. The lowest BCUT2D eigenvalue weighted by Crippen LogP contribution is -2.21. The number of aromatic nitrogens is 3. The van der Waals surface area contributed by atoms with Crippen molar-refractivity contribution in [2.24, 2.45) is 18.7 Å². The molecule has 1 atom stereocenters. The molecule has 1 aromatic carbocycles. The van der Waals surface area contributed by atoms with Gasteiger partial charge in [0.2, 0.25) is 5.91 Å². The summed E-state index contributed by atoms with van der Waals surface area (Å²) in [5, 5.41) is 5.09. The first-order chi connectivity index (χ1) is 13.4. The van der Waals surface area contributed by atoms with Gasteiger partial charge >= 0.3 is 0 Å². The van der Waals surface area contributed by atoms with Crippen molar-refractivity contribution in [1.29, 1.82) is 0 Å². The van der Waals surface area contributed by atoms with E-state index in [9.17, 15) is 9.59 Å². The number of hydrogen-bond acceptors (Lipinski definition) is 4. The molecule has 0 aliphatic carbocycles. The van der Waals surface area contributed by atoms with Crippen LogP contribution in [-0.4, -0.2) is 45.1 Å². The summed E-state index contributed by atoms with van der Waals surface area (Å²) in [6.07, 6.45) is 2.47. The number of pyridine rings is 1. The number of nitrogens with zero attached hydrogens (tertiary/aromatic N) is 4. The number of amides is 2. The molecule has 3 heterocycles. The molecule has 2 aromatic heterocycles. The quantitative estimate of drug-likeness (QED) is 0.690. The lowest BCUT2D eigenvalue weighted by atomic mass is 10.0. The highest BCUT2D eigenvalue weighted by molar-refractivity contribution is 5.99. The molecule has 1 aliphatic heterocycles. The van der Waals surface area contributed by atoms with Gasteiger partial charge in [-0.2, -0.15) is 5.10 Å². The van der Waals surface area contributed by atoms with Crippen LogP contribution in [0, 0.1) is 17.8 Å². The Hall–Kier alpha value is -3.66. The van der Waals surface area contributed by atoms with Gasteiger partial charge in [-0.05, 0) is 24.6 Å². The van der Waals surface area contributed by atoms with Crippen molar-refractivity contribution in [3.05, 3.63) is 47.8 Å². The first kappa shape index (κ1) is 17.7. The summed E-state index contributed by atoms with van der Waals surface area (Å²) < 4.78 is 1.68. The minimum Gasteiger partial charge on any atom is -0.364 e. The topological polar surface area (TPSA) is 94.1 Å². The van der Waals surface area contributed by atoms with Crippen molar-refractivity contribution in [2.75, 3.05) is 13.6 Å². The molecular formula is C21H19N5O2. The van der Waals surface area contributed by atoms with Crippen LogP contribution in [0.25, 0.3) is 22.2 Å². The van der Waals surface area contributed by atoms with Gasteiger partial charge in [-0.3, -0.25) is 14.3 Å². The van der Waals surface area contributed by atoms with E-state index in [0.717, 1.165) is 35.0 Å². The number of carbonyl (C=O) groups is 2. The van der Waals surface area contributed by atoms with Crippen molar-refractivity contribution in [3.8, 4) is 23.1 Å². The third-order valence-corrected chi connectivity index (χ3v) is 4.95. The fraction of sp³-hybridized carbons (Fsp3) is 0.238. The van der Waals surface area contributed by atoms with E-state index in [2.05, 4.69) is 21.9 Å². The average molecular weight is 373 g/mol. The average Bonchev–Trinajstić information content (AvgIpc) is 3.22. The van der Waals surface area contributed by atoms with Crippen LogP contribution >= 0.6 is 0 Å². The number of aryl methyl sites for hydroxylation is 1. The fourth-order valence-electron chi connectivity index (χ4n) is 3.36. The highest BCUT2D eigenvalue weighted by Crippen LogP contribution is 2.28. The molecule has 140 valence electrons. The summed E-state index contributed by atoms with van der Waals surface area (Å²) in [6.45, 7) is 0.737. The molecule has 1 saturated heterocycles. The Morgan fingerprint density at radius 3 is 2.82 bits per heavy atom. The van der Waals surface area contributed by atoms with Crippen LogP contribution in [0.1, 0.15) is 22.5 Å². The van der Waals surface area contributed by atoms with Gasteiger partial charge in [-0.15, -0.1) is 0 Å². The number of likely N-dealkylation sites (tertiary alicyclic amines) is 1. The van der Waals surface area contributed by atoms with Gasteiger partial charge < -0.3 is 10.6 Å². The van der Waals surface area contributed by atoms with Gasteiger partial charge in [0.25, 0.3) is 5.91 Å². The number of carbonyl (C=O) groups excluding carboxylic acids is 2. The third kappa shape index (κ3) is 3.09. The Labute approximate surface area is 162 Å². The van der Waals surface area contributed by atoms with Crippen molar-refractivity contribution >= 4 is 22.7 Å². The molecule has 0 bridgehead atoms. The number of fused-ring (bicyclic) bond motifs is 1. The minimum absolute atomic E-state index is 0.0662. The van der Waals surface area contributed by atoms with Crippen LogP contribution in [0.2, 0.25) is 0 Å². The van der Waals surface area contributed by atoms with Gasteiger partial charge in [0.1, 0.15) is 11.6 Å². The number of rotatable bonds is 2. The van der Waals surface area contributed by atoms with Crippen LogP contribution in [0.3, 0.4) is 0 Å². The smallest absolute Gasteiger partial charge is 0.267 e. The highest BCUT2D eigenvalue weighted by atomic mass is 16.2.